The molecular weight excluding hydrogens is 154 g/mol. The van der Waals surface area contributed by atoms with Gasteiger partial charge in [-0.3, -0.25) is 0 Å². The summed E-state index contributed by atoms with van der Waals surface area (Å²) in [5.41, 5.74) is -0.433. The van der Waals surface area contributed by atoms with Gasteiger partial charge in [0.1, 0.15) is 0 Å². The van der Waals surface area contributed by atoms with Gasteiger partial charge in [-0.1, -0.05) is 12.2 Å². The van der Waals surface area contributed by atoms with Crippen LogP contribution in [0.5, 0.6) is 0 Å². The second-order valence-corrected chi connectivity index (χ2v) is 3.17. The number of aliphatic hydroxyl groups excluding tert-OH is 2. The second kappa shape index (κ2) is 3.74. The van der Waals surface area contributed by atoms with E-state index in [1.165, 1.54) is 0 Å². The van der Waals surface area contributed by atoms with Crippen molar-refractivity contribution < 1.29 is 10.2 Å². The summed E-state index contributed by atoms with van der Waals surface area (Å²) in [7, 11) is 0. The second-order valence-electron chi connectivity index (χ2n) is 3.17. The van der Waals surface area contributed by atoms with Gasteiger partial charge in [-0.25, -0.2) is 0 Å². The van der Waals surface area contributed by atoms with Gasteiger partial charge in [-0.05, 0) is 25.6 Å². The van der Waals surface area contributed by atoms with Gasteiger partial charge < -0.3 is 15.5 Å². The van der Waals surface area contributed by atoms with E-state index in [0.717, 1.165) is 0 Å². The zero-order chi connectivity index (χ0) is 9.03. The molecule has 1 aliphatic heterocycles. The molecule has 1 rings (SSSR count). The number of hydrogen-bond donors (Lipinski definition) is 3. The summed E-state index contributed by atoms with van der Waals surface area (Å²) in [6, 6.07) is 0. The number of allylic oxidation sites excluding steroid dienone is 2. The Morgan fingerprint density at radius 1 is 1.50 bits per heavy atom. The van der Waals surface area contributed by atoms with Crippen LogP contribution in [-0.2, 0) is 0 Å². The highest BCUT2D eigenvalue weighted by Gasteiger charge is 2.29. The molecule has 12 heavy (non-hydrogen) atoms. The largest absolute Gasteiger partial charge is 0.396 e. The van der Waals surface area contributed by atoms with Gasteiger partial charge in [-0.15, -0.1) is 0 Å². The lowest BCUT2D eigenvalue weighted by Gasteiger charge is -2.33. The molecule has 3 heteroatoms. The molecule has 0 amide bonds. The molecule has 2 unspecified atom stereocenters. The lowest BCUT2D eigenvalue weighted by atomic mass is 9.91. The SMILES string of the molecule is CC1(C(O)CCO)C=CC=CN1. The fourth-order valence-electron chi connectivity index (χ4n) is 1.22. The van der Waals surface area contributed by atoms with Crippen molar-refractivity contribution in [1.29, 1.82) is 0 Å². The van der Waals surface area contributed by atoms with Crippen molar-refractivity contribution in [1.82, 2.24) is 5.32 Å². The predicted molar refractivity (Wildman–Crippen MR) is 47.5 cm³/mol. The summed E-state index contributed by atoms with van der Waals surface area (Å²) in [5, 5.41) is 21.3. The Hall–Kier alpha value is -0.800. The average Bonchev–Trinajstić information content (AvgIpc) is 2.06. The number of aliphatic hydroxyl groups is 2. The maximum atomic E-state index is 9.63. The quantitative estimate of drug-likeness (QED) is 0.564. The van der Waals surface area contributed by atoms with Gasteiger partial charge in [0.2, 0.25) is 0 Å². The van der Waals surface area contributed by atoms with Gasteiger partial charge in [0.25, 0.3) is 0 Å². The van der Waals surface area contributed by atoms with E-state index in [2.05, 4.69) is 5.32 Å². The van der Waals surface area contributed by atoms with Crippen LogP contribution in [0.1, 0.15) is 13.3 Å². The van der Waals surface area contributed by atoms with Crippen molar-refractivity contribution in [3.8, 4) is 0 Å². The maximum Gasteiger partial charge on any atom is 0.0824 e. The van der Waals surface area contributed by atoms with E-state index in [1.807, 2.05) is 25.2 Å². The van der Waals surface area contributed by atoms with Crippen molar-refractivity contribution in [2.24, 2.45) is 0 Å². The third kappa shape index (κ3) is 1.87. The van der Waals surface area contributed by atoms with E-state index in [0.29, 0.717) is 6.42 Å². The zero-order valence-corrected chi connectivity index (χ0v) is 7.20. The molecule has 1 heterocycles. The molecule has 0 bridgehead atoms. The van der Waals surface area contributed by atoms with Gasteiger partial charge in [-0.2, -0.15) is 0 Å². The molecule has 68 valence electrons. The molecule has 2 atom stereocenters. The Morgan fingerprint density at radius 2 is 2.25 bits per heavy atom. The Labute approximate surface area is 72.4 Å². The van der Waals surface area contributed by atoms with Crippen molar-refractivity contribution in [2.75, 3.05) is 6.61 Å². The highest BCUT2D eigenvalue weighted by molar-refractivity contribution is 5.20. The average molecular weight is 169 g/mol. The van der Waals surface area contributed by atoms with E-state index >= 15 is 0 Å². The fraction of sp³-hybridized carbons (Fsp3) is 0.556. The number of nitrogens with one attached hydrogen (secondary N) is 1. The van der Waals surface area contributed by atoms with E-state index < -0.39 is 11.6 Å². The van der Waals surface area contributed by atoms with E-state index in [4.69, 9.17) is 5.11 Å². The molecule has 0 spiro atoms. The van der Waals surface area contributed by atoms with E-state index in [-0.39, 0.29) is 6.61 Å². The minimum absolute atomic E-state index is 0.00991. The third-order valence-corrected chi connectivity index (χ3v) is 2.14. The molecule has 0 radical (unpaired) electrons. The van der Waals surface area contributed by atoms with Gasteiger partial charge in [0.05, 0.1) is 11.6 Å². The Kier molecular flexibility index (Phi) is 2.89. The summed E-state index contributed by atoms with van der Waals surface area (Å²) >= 11 is 0. The summed E-state index contributed by atoms with van der Waals surface area (Å²) in [4.78, 5) is 0. The first-order chi connectivity index (χ1) is 5.69. The normalized spacial score (nSPS) is 29.9. The van der Waals surface area contributed by atoms with Crippen LogP contribution in [-0.4, -0.2) is 28.5 Å². The fourth-order valence-corrected chi connectivity index (χ4v) is 1.22. The summed E-state index contributed by atoms with van der Waals surface area (Å²) in [6.45, 7) is 1.91. The molecular formula is C9H15NO2. The van der Waals surface area contributed by atoms with Crippen LogP contribution in [0.15, 0.2) is 24.4 Å². The van der Waals surface area contributed by atoms with E-state index in [1.54, 1.807) is 6.20 Å². The molecule has 3 nitrogen and oxygen atoms in total. The lowest BCUT2D eigenvalue weighted by Crippen LogP contribution is -2.49. The first-order valence-corrected chi connectivity index (χ1v) is 4.10. The molecule has 3 N–H and O–H groups in total. The van der Waals surface area contributed by atoms with Crippen molar-refractivity contribution >= 4 is 0 Å². The minimum atomic E-state index is -0.552. The minimum Gasteiger partial charge on any atom is -0.396 e. The Morgan fingerprint density at radius 3 is 2.75 bits per heavy atom. The Bertz CT molecular complexity index is 201. The van der Waals surface area contributed by atoms with Crippen molar-refractivity contribution in [3.63, 3.8) is 0 Å². The van der Waals surface area contributed by atoms with Crippen LogP contribution in [0, 0.1) is 0 Å². The van der Waals surface area contributed by atoms with Gasteiger partial charge in [0.15, 0.2) is 0 Å². The first kappa shape index (κ1) is 9.29. The predicted octanol–water partition coefficient (Wildman–Crippen LogP) is 0.162. The van der Waals surface area contributed by atoms with Crippen LogP contribution in [0.25, 0.3) is 0 Å². The van der Waals surface area contributed by atoms with Crippen LogP contribution < -0.4 is 5.32 Å². The molecule has 0 fully saturated rings. The van der Waals surface area contributed by atoms with E-state index in [9.17, 15) is 5.11 Å². The summed E-state index contributed by atoms with van der Waals surface area (Å²) in [5.74, 6) is 0. The molecule has 0 aliphatic carbocycles. The molecule has 0 aromatic heterocycles. The standard InChI is InChI=1S/C9H15NO2/c1-9(8(12)4-7-11)5-2-3-6-10-9/h2-3,5-6,8,10-12H,4,7H2,1H3. The molecule has 0 saturated carbocycles. The first-order valence-electron chi connectivity index (χ1n) is 4.10. The van der Waals surface area contributed by atoms with Crippen LogP contribution in [0.4, 0.5) is 0 Å². The maximum absolute atomic E-state index is 9.63. The highest BCUT2D eigenvalue weighted by Crippen LogP contribution is 2.17. The molecule has 1 aliphatic rings. The molecule has 0 saturated heterocycles. The highest BCUT2D eigenvalue weighted by atomic mass is 16.3. The van der Waals surface area contributed by atoms with Crippen LogP contribution in [0.3, 0.4) is 0 Å². The van der Waals surface area contributed by atoms with Gasteiger partial charge in [0, 0.05) is 6.61 Å². The van der Waals surface area contributed by atoms with Crippen LogP contribution in [0.2, 0.25) is 0 Å². The topological polar surface area (TPSA) is 52.5 Å². The Balaban J connectivity index is 2.58. The summed E-state index contributed by atoms with van der Waals surface area (Å²) < 4.78 is 0. The molecule has 0 aromatic carbocycles. The number of rotatable bonds is 3. The smallest absolute Gasteiger partial charge is 0.0824 e. The van der Waals surface area contributed by atoms with Crippen molar-refractivity contribution in [2.45, 2.75) is 25.0 Å². The number of dihydropyridines is 1. The van der Waals surface area contributed by atoms with Crippen LogP contribution >= 0.6 is 0 Å². The lowest BCUT2D eigenvalue weighted by molar-refractivity contribution is 0.0760. The third-order valence-electron chi connectivity index (χ3n) is 2.14. The van der Waals surface area contributed by atoms with Crippen molar-refractivity contribution in [3.05, 3.63) is 24.4 Å². The molecule has 0 aromatic rings. The van der Waals surface area contributed by atoms with Gasteiger partial charge >= 0.3 is 0 Å². The summed E-state index contributed by atoms with van der Waals surface area (Å²) in [6.07, 6.45) is 7.28. The number of hydrogen-bond acceptors (Lipinski definition) is 3. The zero-order valence-electron chi connectivity index (χ0n) is 7.20. The monoisotopic (exact) mass is 169 g/mol.